The van der Waals surface area contributed by atoms with Gasteiger partial charge in [0.15, 0.2) is 0 Å². The highest BCUT2D eigenvalue weighted by Gasteiger charge is 2.29. The number of anilines is 1. The molecule has 3 aromatic carbocycles. The molecule has 0 saturated carbocycles. The van der Waals surface area contributed by atoms with Crippen molar-refractivity contribution < 1.29 is 9.53 Å². The first-order valence-electron chi connectivity index (χ1n) is 12.2. The van der Waals surface area contributed by atoms with Crippen molar-refractivity contribution in [3.05, 3.63) is 101 Å². The number of imidazole rings is 1. The van der Waals surface area contributed by atoms with Gasteiger partial charge in [0.25, 0.3) is 5.91 Å². The fourth-order valence-corrected chi connectivity index (χ4v) is 5.43. The molecule has 36 heavy (non-hydrogen) atoms. The molecular weight excluding hydrogens is 470 g/mol. The number of nitrogens with one attached hydrogen (secondary N) is 1. The third kappa shape index (κ3) is 3.76. The number of benzene rings is 3. The van der Waals surface area contributed by atoms with E-state index >= 15 is 0 Å². The summed E-state index contributed by atoms with van der Waals surface area (Å²) in [5.74, 6) is 0.443. The number of nitrogens with zero attached hydrogens (tertiary/aromatic N) is 2. The van der Waals surface area contributed by atoms with Gasteiger partial charge >= 0.3 is 0 Å². The highest BCUT2D eigenvalue weighted by molar-refractivity contribution is 6.30. The summed E-state index contributed by atoms with van der Waals surface area (Å²) in [7, 11) is 1.61. The van der Waals surface area contributed by atoms with Gasteiger partial charge in [0, 0.05) is 28.9 Å². The molecule has 0 radical (unpaired) electrons. The van der Waals surface area contributed by atoms with E-state index in [1.54, 1.807) is 7.11 Å². The van der Waals surface area contributed by atoms with Crippen molar-refractivity contribution in [2.75, 3.05) is 12.4 Å². The van der Waals surface area contributed by atoms with Crippen LogP contribution in [0, 0.1) is 0 Å². The van der Waals surface area contributed by atoms with Gasteiger partial charge < -0.3 is 14.6 Å². The van der Waals surface area contributed by atoms with Crippen molar-refractivity contribution in [1.29, 1.82) is 0 Å². The lowest BCUT2D eigenvalue weighted by atomic mass is 9.97. The fraction of sp³-hybridized carbons (Fsp3) is 0.167. The molecule has 1 N–H and O–H groups in total. The molecule has 3 heterocycles. The highest BCUT2D eigenvalue weighted by atomic mass is 35.5. The summed E-state index contributed by atoms with van der Waals surface area (Å²) in [4.78, 5) is 14.0. The molecule has 0 bridgehead atoms. The van der Waals surface area contributed by atoms with E-state index in [9.17, 15) is 4.79 Å². The van der Waals surface area contributed by atoms with Crippen molar-refractivity contribution in [3.8, 4) is 28.1 Å². The average molecular weight is 496 g/mol. The van der Waals surface area contributed by atoms with Crippen LogP contribution in [0.15, 0.2) is 85.1 Å². The monoisotopic (exact) mass is 495 g/mol. The highest BCUT2D eigenvalue weighted by Crippen LogP contribution is 2.40. The number of rotatable bonds is 5. The Labute approximate surface area is 214 Å². The molecule has 5 nitrogen and oxygen atoms in total. The Morgan fingerprint density at radius 2 is 1.67 bits per heavy atom. The molecule has 0 aliphatic carbocycles. The Balaban J connectivity index is 1.61. The molecule has 5 aromatic rings. The summed E-state index contributed by atoms with van der Waals surface area (Å²) in [5, 5.41) is 3.78. The van der Waals surface area contributed by atoms with Crippen molar-refractivity contribution >= 4 is 28.8 Å². The Morgan fingerprint density at radius 1 is 0.917 bits per heavy atom. The average Bonchev–Trinajstić information content (AvgIpc) is 3.33. The molecule has 1 aliphatic heterocycles. The standard InChI is InChI=1S/C30H26ClN3O2/c1-36-26-13-6-5-12-24(26)32-29(35)28-27(21-14-16-22(31)17-15-21)23-11-7-8-18-33-25(19-34(28)30(23)33)20-9-3-2-4-10-20/h2-6,9-10,12-17,19H,7-8,11,18H2,1H3,(H,32,35). The number of halogens is 1. The lowest BCUT2D eigenvalue weighted by Gasteiger charge is -2.12. The van der Waals surface area contributed by atoms with E-state index in [1.165, 1.54) is 5.56 Å². The lowest BCUT2D eigenvalue weighted by molar-refractivity contribution is 0.102. The van der Waals surface area contributed by atoms with Crippen LogP contribution in [0.5, 0.6) is 5.75 Å². The van der Waals surface area contributed by atoms with Crippen molar-refractivity contribution in [2.24, 2.45) is 0 Å². The molecular formula is C30H26ClN3O2. The maximum atomic E-state index is 14.0. The Kier molecular flexibility index (Phi) is 5.78. The minimum Gasteiger partial charge on any atom is -0.495 e. The summed E-state index contributed by atoms with van der Waals surface area (Å²) in [6.45, 7) is 0.908. The zero-order chi connectivity index (χ0) is 24.6. The zero-order valence-corrected chi connectivity index (χ0v) is 20.8. The number of hydrogen-bond acceptors (Lipinski definition) is 2. The van der Waals surface area contributed by atoms with Crippen molar-refractivity contribution in [2.45, 2.75) is 25.8 Å². The summed E-state index contributed by atoms with van der Waals surface area (Å²) in [6, 6.07) is 25.6. The first-order valence-corrected chi connectivity index (χ1v) is 12.6. The van der Waals surface area contributed by atoms with Crippen LogP contribution in [0.1, 0.15) is 28.9 Å². The van der Waals surface area contributed by atoms with Gasteiger partial charge in [-0.3, -0.25) is 9.20 Å². The molecule has 180 valence electrons. The van der Waals surface area contributed by atoms with Crippen LogP contribution in [0.3, 0.4) is 0 Å². The second kappa shape index (κ2) is 9.25. The number of ether oxygens (including phenoxy) is 1. The summed E-state index contributed by atoms with van der Waals surface area (Å²) in [5.41, 5.74) is 7.73. The largest absolute Gasteiger partial charge is 0.495 e. The van der Waals surface area contributed by atoms with Gasteiger partial charge in [0.2, 0.25) is 0 Å². The van der Waals surface area contributed by atoms with Gasteiger partial charge in [0.05, 0.1) is 18.5 Å². The van der Waals surface area contributed by atoms with E-state index in [2.05, 4.69) is 44.7 Å². The van der Waals surface area contributed by atoms with Crippen LogP contribution >= 0.6 is 11.6 Å². The van der Waals surface area contributed by atoms with E-state index in [4.69, 9.17) is 16.3 Å². The predicted molar refractivity (Wildman–Crippen MR) is 145 cm³/mol. The first-order chi connectivity index (χ1) is 17.7. The predicted octanol–water partition coefficient (Wildman–Crippen LogP) is 7.33. The smallest absolute Gasteiger partial charge is 0.273 e. The van der Waals surface area contributed by atoms with Gasteiger partial charge in [-0.15, -0.1) is 0 Å². The van der Waals surface area contributed by atoms with Gasteiger partial charge in [-0.1, -0.05) is 66.2 Å². The van der Waals surface area contributed by atoms with Gasteiger partial charge in [-0.05, 0) is 54.7 Å². The molecule has 0 saturated heterocycles. The molecule has 6 heteroatoms. The third-order valence-corrected chi connectivity index (χ3v) is 7.16. The van der Waals surface area contributed by atoms with Crippen LogP contribution in [0.25, 0.3) is 28.0 Å². The van der Waals surface area contributed by atoms with Crippen LogP contribution < -0.4 is 10.1 Å². The van der Waals surface area contributed by atoms with Crippen LogP contribution in [-0.4, -0.2) is 22.0 Å². The van der Waals surface area contributed by atoms with E-state index < -0.39 is 0 Å². The minimum atomic E-state index is -0.178. The van der Waals surface area contributed by atoms with Crippen LogP contribution in [-0.2, 0) is 13.0 Å². The molecule has 0 spiro atoms. The van der Waals surface area contributed by atoms with E-state index in [0.29, 0.717) is 22.2 Å². The molecule has 1 amide bonds. The van der Waals surface area contributed by atoms with Gasteiger partial charge in [-0.2, -0.15) is 0 Å². The van der Waals surface area contributed by atoms with E-state index in [-0.39, 0.29) is 5.91 Å². The number of methoxy groups -OCH3 is 1. The first kappa shape index (κ1) is 22.5. The molecule has 2 aromatic heterocycles. The van der Waals surface area contributed by atoms with Crippen LogP contribution in [0.2, 0.25) is 5.02 Å². The number of hydrogen-bond donors (Lipinski definition) is 1. The molecule has 0 unspecified atom stereocenters. The summed E-state index contributed by atoms with van der Waals surface area (Å²) >= 11 is 6.22. The SMILES string of the molecule is COc1ccccc1NC(=O)c1c(-c2ccc(Cl)cc2)c2c3n(c(-c4ccccc4)cn13)CCCC2. The molecule has 6 rings (SSSR count). The van der Waals surface area contributed by atoms with Gasteiger partial charge in [0.1, 0.15) is 17.1 Å². The van der Waals surface area contributed by atoms with Gasteiger partial charge in [-0.25, -0.2) is 0 Å². The van der Waals surface area contributed by atoms with E-state index in [0.717, 1.165) is 53.8 Å². The number of aryl methyl sites for hydroxylation is 2. The fourth-order valence-electron chi connectivity index (χ4n) is 5.31. The molecule has 0 atom stereocenters. The molecule has 0 fully saturated rings. The topological polar surface area (TPSA) is 47.7 Å². The third-order valence-electron chi connectivity index (χ3n) is 6.91. The summed E-state index contributed by atoms with van der Waals surface area (Å²) < 4.78 is 9.94. The van der Waals surface area contributed by atoms with E-state index in [1.807, 2.05) is 54.6 Å². The number of carbonyl (C=O) groups is 1. The lowest BCUT2D eigenvalue weighted by Crippen LogP contribution is -2.16. The van der Waals surface area contributed by atoms with Crippen LogP contribution in [0.4, 0.5) is 5.69 Å². The van der Waals surface area contributed by atoms with Crippen molar-refractivity contribution in [3.63, 3.8) is 0 Å². The number of amides is 1. The maximum absolute atomic E-state index is 14.0. The Bertz CT molecular complexity index is 1570. The summed E-state index contributed by atoms with van der Waals surface area (Å²) in [6.07, 6.45) is 5.16. The number of carbonyl (C=O) groups excluding carboxylic acids is 1. The Hall–Kier alpha value is -3.96. The second-order valence-electron chi connectivity index (χ2n) is 9.05. The Morgan fingerprint density at radius 3 is 2.44 bits per heavy atom. The number of aromatic nitrogens is 2. The maximum Gasteiger partial charge on any atom is 0.273 e. The quantitative estimate of drug-likeness (QED) is 0.277. The minimum absolute atomic E-state index is 0.178. The zero-order valence-electron chi connectivity index (χ0n) is 20.0. The second-order valence-corrected chi connectivity index (χ2v) is 9.48. The number of para-hydroxylation sites is 2. The molecule has 1 aliphatic rings. The normalized spacial score (nSPS) is 12.9. The van der Waals surface area contributed by atoms with Crippen molar-refractivity contribution in [1.82, 2.24) is 8.97 Å².